The molecule has 1 aromatic carbocycles. The van der Waals surface area contributed by atoms with Crippen molar-refractivity contribution >= 4 is 5.97 Å². The van der Waals surface area contributed by atoms with E-state index in [2.05, 4.69) is 6.58 Å². The highest BCUT2D eigenvalue weighted by molar-refractivity contribution is 5.76. The number of rotatable bonds is 6. The van der Waals surface area contributed by atoms with Crippen molar-refractivity contribution in [1.29, 1.82) is 0 Å². The summed E-state index contributed by atoms with van der Waals surface area (Å²) in [6.07, 6.45) is 2.34. The molecule has 1 rings (SSSR count). The third kappa shape index (κ3) is 3.91. The van der Waals surface area contributed by atoms with Crippen LogP contribution in [0.15, 0.2) is 36.9 Å². The molecule has 0 aromatic heterocycles. The van der Waals surface area contributed by atoms with E-state index < -0.39 is 5.41 Å². The maximum atomic E-state index is 11.6. The van der Waals surface area contributed by atoms with E-state index in [1.54, 1.807) is 6.08 Å². The molecule has 1 aromatic rings. The minimum Gasteiger partial charge on any atom is -0.490 e. The summed E-state index contributed by atoms with van der Waals surface area (Å²) in [7, 11) is 1.41. The molecule has 0 heterocycles. The third-order valence-corrected chi connectivity index (χ3v) is 2.68. The van der Waals surface area contributed by atoms with Crippen molar-refractivity contribution in [2.24, 2.45) is 5.41 Å². The van der Waals surface area contributed by atoms with Crippen LogP contribution in [-0.2, 0) is 16.0 Å². The molecule has 3 nitrogen and oxygen atoms in total. The first-order valence-corrected chi connectivity index (χ1v) is 5.90. The van der Waals surface area contributed by atoms with Gasteiger partial charge in [-0.05, 0) is 38.0 Å². The fraction of sp³-hybridized carbons (Fsp3) is 0.400. The van der Waals surface area contributed by atoms with Gasteiger partial charge in [0.15, 0.2) is 0 Å². The molecule has 0 unspecified atom stereocenters. The largest absolute Gasteiger partial charge is 0.490 e. The Hall–Kier alpha value is -1.77. The number of methoxy groups -OCH3 is 1. The Morgan fingerprint density at radius 2 is 1.94 bits per heavy atom. The molecule has 0 spiro atoms. The van der Waals surface area contributed by atoms with Gasteiger partial charge in [-0.1, -0.05) is 24.8 Å². The Labute approximate surface area is 108 Å². The quantitative estimate of drug-likeness (QED) is 0.573. The molecule has 0 aliphatic heterocycles. The highest BCUT2D eigenvalue weighted by Gasteiger charge is 2.28. The third-order valence-electron chi connectivity index (χ3n) is 2.68. The molecule has 0 aliphatic carbocycles. The lowest BCUT2D eigenvalue weighted by Crippen LogP contribution is -2.27. The van der Waals surface area contributed by atoms with Crippen molar-refractivity contribution in [3.05, 3.63) is 42.5 Å². The number of esters is 1. The monoisotopic (exact) mass is 248 g/mol. The van der Waals surface area contributed by atoms with Gasteiger partial charge in [0.05, 0.1) is 12.5 Å². The van der Waals surface area contributed by atoms with E-state index >= 15 is 0 Å². The fourth-order valence-corrected chi connectivity index (χ4v) is 1.72. The Morgan fingerprint density at radius 3 is 2.44 bits per heavy atom. The summed E-state index contributed by atoms with van der Waals surface area (Å²) < 4.78 is 10.2. The second-order valence-electron chi connectivity index (χ2n) is 4.80. The topological polar surface area (TPSA) is 35.5 Å². The Balaban J connectivity index is 2.68. The summed E-state index contributed by atoms with van der Waals surface area (Å²) >= 11 is 0. The summed E-state index contributed by atoms with van der Waals surface area (Å²) in [5.74, 6) is 0.601. The smallest absolute Gasteiger partial charge is 0.311 e. The van der Waals surface area contributed by atoms with Gasteiger partial charge < -0.3 is 9.47 Å². The lowest BCUT2D eigenvalue weighted by atomic mass is 9.86. The first kappa shape index (κ1) is 14.3. The van der Waals surface area contributed by atoms with Crippen molar-refractivity contribution in [2.75, 3.05) is 13.7 Å². The van der Waals surface area contributed by atoms with Gasteiger partial charge in [-0.2, -0.15) is 0 Å². The Kier molecular flexibility index (Phi) is 4.95. The molecule has 0 atom stereocenters. The van der Waals surface area contributed by atoms with Crippen LogP contribution in [0, 0.1) is 5.41 Å². The van der Waals surface area contributed by atoms with E-state index in [0.29, 0.717) is 13.0 Å². The van der Waals surface area contributed by atoms with Gasteiger partial charge in [-0.3, -0.25) is 4.79 Å². The summed E-state index contributed by atoms with van der Waals surface area (Å²) in [4.78, 5) is 11.6. The normalized spacial score (nSPS) is 10.8. The minimum absolute atomic E-state index is 0.200. The highest BCUT2D eigenvalue weighted by Crippen LogP contribution is 2.24. The zero-order valence-electron chi connectivity index (χ0n) is 11.2. The summed E-state index contributed by atoms with van der Waals surface area (Å²) in [6.45, 7) is 7.84. The lowest BCUT2D eigenvalue weighted by molar-refractivity contribution is -0.150. The number of ether oxygens (including phenoxy) is 2. The number of benzene rings is 1. The van der Waals surface area contributed by atoms with Crippen LogP contribution in [-0.4, -0.2) is 19.7 Å². The van der Waals surface area contributed by atoms with E-state index in [4.69, 9.17) is 9.47 Å². The number of carbonyl (C=O) groups excluding carboxylic acids is 1. The molecule has 0 fully saturated rings. The molecule has 3 heteroatoms. The van der Waals surface area contributed by atoms with Gasteiger partial charge in [0, 0.05) is 0 Å². The molecule has 0 saturated carbocycles. The number of hydrogen-bond donors (Lipinski definition) is 0. The summed E-state index contributed by atoms with van der Waals surface area (Å²) in [6, 6.07) is 7.71. The molecule has 0 bridgehead atoms. The van der Waals surface area contributed by atoms with Crippen LogP contribution in [0.2, 0.25) is 0 Å². The van der Waals surface area contributed by atoms with Gasteiger partial charge in [0.2, 0.25) is 0 Å². The first-order chi connectivity index (χ1) is 8.49. The molecule has 18 heavy (non-hydrogen) atoms. The molecule has 0 radical (unpaired) electrons. The zero-order chi connectivity index (χ0) is 13.6. The molecule has 0 N–H and O–H groups in total. The van der Waals surface area contributed by atoms with Crippen LogP contribution in [0.25, 0.3) is 0 Å². The Bertz CT molecular complexity index is 404. The molecular formula is C15H20O3. The van der Waals surface area contributed by atoms with Crippen LogP contribution in [0.4, 0.5) is 0 Å². The average molecular weight is 248 g/mol. The van der Waals surface area contributed by atoms with E-state index in [0.717, 1.165) is 11.3 Å². The maximum absolute atomic E-state index is 11.6. The minimum atomic E-state index is -0.516. The predicted octanol–water partition coefficient (Wildman–Crippen LogP) is 2.99. The van der Waals surface area contributed by atoms with E-state index in [-0.39, 0.29) is 5.97 Å². The number of hydrogen-bond acceptors (Lipinski definition) is 3. The second kappa shape index (κ2) is 6.24. The van der Waals surface area contributed by atoms with E-state index in [1.807, 2.05) is 38.1 Å². The van der Waals surface area contributed by atoms with Gasteiger partial charge in [0.1, 0.15) is 12.4 Å². The van der Waals surface area contributed by atoms with Crippen molar-refractivity contribution in [2.45, 2.75) is 20.3 Å². The average Bonchev–Trinajstić information content (AvgIpc) is 2.36. The van der Waals surface area contributed by atoms with Gasteiger partial charge in [-0.15, -0.1) is 0 Å². The van der Waals surface area contributed by atoms with Crippen LogP contribution >= 0.6 is 0 Å². The van der Waals surface area contributed by atoms with Crippen molar-refractivity contribution in [3.63, 3.8) is 0 Å². The molecule has 0 saturated heterocycles. The van der Waals surface area contributed by atoms with E-state index in [9.17, 15) is 4.79 Å². The highest BCUT2D eigenvalue weighted by atomic mass is 16.5. The van der Waals surface area contributed by atoms with Crippen molar-refractivity contribution in [1.82, 2.24) is 0 Å². The Morgan fingerprint density at radius 1 is 1.33 bits per heavy atom. The lowest BCUT2D eigenvalue weighted by Gasteiger charge is -2.21. The first-order valence-electron chi connectivity index (χ1n) is 5.90. The molecule has 98 valence electrons. The standard InChI is InChI=1S/C15H20O3/c1-5-10-18-13-8-6-12(7-9-13)11-15(2,3)14(16)17-4/h5-9H,1,10-11H2,2-4H3. The number of carbonyl (C=O) groups is 1. The van der Waals surface area contributed by atoms with Crippen LogP contribution in [0.5, 0.6) is 5.75 Å². The van der Waals surface area contributed by atoms with Gasteiger partial charge in [0.25, 0.3) is 0 Å². The SMILES string of the molecule is C=CCOc1ccc(CC(C)(C)C(=O)OC)cc1. The summed E-state index contributed by atoms with van der Waals surface area (Å²) in [5.41, 5.74) is 0.564. The van der Waals surface area contributed by atoms with E-state index in [1.165, 1.54) is 7.11 Å². The maximum Gasteiger partial charge on any atom is 0.311 e. The molecular weight excluding hydrogens is 228 g/mol. The fourth-order valence-electron chi connectivity index (χ4n) is 1.72. The van der Waals surface area contributed by atoms with Crippen LogP contribution in [0.3, 0.4) is 0 Å². The van der Waals surface area contributed by atoms with Crippen LogP contribution < -0.4 is 4.74 Å². The van der Waals surface area contributed by atoms with Crippen LogP contribution in [0.1, 0.15) is 19.4 Å². The van der Waals surface area contributed by atoms with Crippen molar-refractivity contribution in [3.8, 4) is 5.75 Å². The second-order valence-corrected chi connectivity index (χ2v) is 4.80. The summed E-state index contributed by atoms with van der Waals surface area (Å²) in [5, 5.41) is 0. The van der Waals surface area contributed by atoms with Gasteiger partial charge in [-0.25, -0.2) is 0 Å². The predicted molar refractivity (Wildman–Crippen MR) is 71.6 cm³/mol. The van der Waals surface area contributed by atoms with Crippen molar-refractivity contribution < 1.29 is 14.3 Å². The zero-order valence-corrected chi connectivity index (χ0v) is 11.2. The molecule has 0 amide bonds. The molecule has 0 aliphatic rings. The van der Waals surface area contributed by atoms with Gasteiger partial charge >= 0.3 is 5.97 Å².